The third kappa shape index (κ3) is 3.62. The molecule has 0 aliphatic carbocycles. The Morgan fingerprint density at radius 1 is 1.33 bits per heavy atom. The Morgan fingerprint density at radius 3 is 2.90 bits per heavy atom. The smallest absolute Gasteiger partial charge is 0.123 e. The van der Waals surface area contributed by atoms with Crippen LogP contribution in [0.25, 0.3) is 0 Å². The number of halogens is 1. The second-order valence-electron chi connectivity index (χ2n) is 6.33. The zero-order valence-corrected chi connectivity index (χ0v) is 12.5. The van der Waals surface area contributed by atoms with Crippen molar-refractivity contribution in [1.29, 1.82) is 0 Å². The van der Waals surface area contributed by atoms with Gasteiger partial charge in [-0.15, -0.1) is 0 Å². The molecule has 3 nitrogen and oxygen atoms in total. The SMILES string of the molecule is Fc1cccc(C2(CNC3CCCNC3)CCOCC2)c1. The van der Waals surface area contributed by atoms with Gasteiger partial charge in [0.05, 0.1) is 0 Å². The van der Waals surface area contributed by atoms with E-state index < -0.39 is 0 Å². The Balaban J connectivity index is 1.73. The monoisotopic (exact) mass is 292 g/mol. The Morgan fingerprint density at radius 2 is 2.19 bits per heavy atom. The minimum Gasteiger partial charge on any atom is -0.381 e. The molecule has 2 N–H and O–H groups in total. The van der Waals surface area contributed by atoms with Crippen molar-refractivity contribution in [2.45, 2.75) is 37.1 Å². The Kier molecular flexibility index (Phi) is 4.88. The highest BCUT2D eigenvalue weighted by Gasteiger charge is 2.35. The fourth-order valence-corrected chi connectivity index (χ4v) is 3.51. The van der Waals surface area contributed by atoms with Crippen LogP contribution in [-0.2, 0) is 10.2 Å². The number of hydrogen-bond acceptors (Lipinski definition) is 3. The number of ether oxygens (including phenoxy) is 1. The molecule has 2 fully saturated rings. The number of piperidine rings is 1. The average Bonchev–Trinajstić information content (AvgIpc) is 2.55. The van der Waals surface area contributed by atoms with Gasteiger partial charge in [0.25, 0.3) is 0 Å². The first kappa shape index (κ1) is 14.9. The molecule has 1 atom stereocenters. The number of hydrogen-bond donors (Lipinski definition) is 2. The molecule has 1 aromatic carbocycles. The molecule has 0 bridgehead atoms. The minimum atomic E-state index is -0.141. The highest BCUT2D eigenvalue weighted by Crippen LogP contribution is 2.34. The van der Waals surface area contributed by atoms with Gasteiger partial charge in [0.1, 0.15) is 5.82 Å². The molecule has 2 aliphatic rings. The van der Waals surface area contributed by atoms with E-state index in [0.717, 1.165) is 51.3 Å². The normalized spacial score (nSPS) is 25.7. The van der Waals surface area contributed by atoms with Crippen molar-refractivity contribution in [3.63, 3.8) is 0 Å². The molecule has 1 aromatic rings. The maximum Gasteiger partial charge on any atom is 0.123 e. The van der Waals surface area contributed by atoms with Gasteiger partial charge in [-0.05, 0) is 49.9 Å². The van der Waals surface area contributed by atoms with E-state index in [1.807, 2.05) is 6.07 Å². The highest BCUT2D eigenvalue weighted by molar-refractivity contribution is 5.27. The summed E-state index contributed by atoms with van der Waals surface area (Å²) < 4.78 is 19.2. The van der Waals surface area contributed by atoms with E-state index in [2.05, 4.69) is 16.7 Å². The molecular weight excluding hydrogens is 267 g/mol. The van der Waals surface area contributed by atoms with Crippen LogP contribution in [0.15, 0.2) is 24.3 Å². The first-order chi connectivity index (χ1) is 10.3. The van der Waals surface area contributed by atoms with Crippen LogP contribution in [0.4, 0.5) is 4.39 Å². The summed E-state index contributed by atoms with van der Waals surface area (Å²) in [5, 5.41) is 7.15. The lowest BCUT2D eigenvalue weighted by Crippen LogP contribution is -2.50. The van der Waals surface area contributed by atoms with Gasteiger partial charge in [-0.2, -0.15) is 0 Å². The van der Waals surface area contributed by atoms with E-state index in [1.165, 1.54) is 18.9 Å². The van der Waals surface area contributed by atoms with Crippen LogP contribution in [0.1, 0.15) is 31.2 Å². The van der Waals surface area contributed by atoms with Gasteiger partial charge < -0.3 is 15.4 Å². The van der Waals surface area contributed by atoms with Crippen molar-refractivity contribution < 1.29 is 9.13 Å². The maximum absolute atomic E-state index is 13.6. The zero-order valence-electron chi connectivity index (χ0n) is 12.5. The summed E-state index contributed by atoms with van der Waals surface area (Å²) in [6.45, 7) is 4.60. The fourth-order valence-electron chi connectivity index (χ4n) is 3.51. The first-order valence-corrected chi connectivity index (χ1v) is 8.06. The molecule has 21 heavy (non-hydrogen) atoms. The summed E-state index contributed by atoms with van der Waals surface area (Å²) in [6.07, 6.45) is 4.38. The predicted molar refractivity (Wildman–Crippen MR) is 82.0 cm³/mol. The third-order valence-electron chi connectivity index (χ3n) is 4.91. The van der Waals surface area contributed by atoms with Crippen molar-refractivity contribution in [2.75, 3.05) is 32.8 Å². The first-order valence-electron chi connectivity index (χ1n) is 8.06. The van der Waals surface area contributed by atoms with Gasteiger partial charge in [-0.25, -0.2) is 4.39 Å². The second kappa shape index (κ2) is 6.86. The van der Waals surface area contributed by atoms with E-state index in [9.17, 15) is 4.39 Å². The fraction of sp³-hybridized carbons (Fsp3) is 0.647. The molecular formula is C17H25FN2O. The van der Waals surface area contributed by atoms with E-state index >= 15 is 0 Å². The van der Waals surface area contributed by atoms with Gasteiger partial charge in [0, 0.05) is 37.8 Å². The highest BCUT2D eigenvalue weighted by atomic mass is 19.1. The quantitative estimate of drug-likeness (QED) is 0.893. The standard InChI is InChI=1S/C17H25FN2O/c18-15-4-1-3-14(11-15)17(6-9-21-10-7-17)13-20-16-5-2-8-19-12-16/h1,3-4,11,16,19-20H,2,5-10,12-13H2. The Hall–Kier alpha value is -0.970. The summed E-state index contributed by atoms with van der Waals surface area (Å²) in [5.41, 5.74) is 1.12. The molecule has 0 radical (unpaired) electrons. The van der Waals surface area contributed by atoms with Gasteiger partial charge in [-0.1, -0.05) is 12.1 Å². The molecule has 2 heterocycles. The lowest BCUT2D eigenvalue weighted by atomic mass is 9.74. The van der Waals surface area contributed by atoms with Crippen LogP contribution in [0.5, 0.6) is 0 Å². The van der Waals surface area contributed by atoms with Crippen molar-refractivity contribution in [3.8, 4) is 0 Å². The predicted octanol–water partition coefficient (Wildman–Crippen LogP) is 2.22. The average molecular weight is 292 g/mol. The summed E-state index contributed by atoms with van der Waals surface area (Å²) in [5.74, 6) is -0.141. The van der Waals surface area contributed by atoms with E-state index in [-0.39, 0.29) is 11.2 Å². The Bertz CT molecular complexity index is 454. The van der Waals surface area contributed by atoms with Crippen molar-refractivity contribution >= 4 is 0 Å². The molecule has 2 aliphatic heterocycles. The van der Waals surface area contributed by atoms with E-state index in [0.29, 0.717) is 6.04 Å². The zero-order chi connectivity index (χ0) is 14.5. The molecule has 116 valence electrons. The molecule has 0 amide bonds. The minimum absolute atomic E-state index is 0.0117. The molecule has 3 rings (SSSR count). The van der Waals surface area contributed by atoms with E-state index in [1.54, 1.807) is 6.07 Å². The van der Waals surface area contributed by atoms with Crippen LogP contribution in [0, 0.1) is 5.82 Å². The van der Waals surface area contributed by atoms with Crippen molar-refractivity contribution in [1.82, 2.24) is 10.6 Å². The van der Waals surface area contributed by atoms with Crippen LogP contribution < -0.4 is 10.6 Å². The molecule has 0 saturated carbocycles. The maximum atomic E-state index is 13.6. The van der Waals surface area contributed by atoms with Crippen LogP contribution in [0.2, 0.25) is 0 Å². The van der Waals surface area contributed by atoms with E-state index in [4.69, 9.17) is 4.74 Å². The summed E-state index contributed by atoms with van der Waals surface area (Å²) in [7, 11) is 0. The van der Waals surface area contributed by atoms with Crippen molar-refractivity contribution in [3.05, 3.63) is 35.6 Å². The summed E-state index contributed by atoms with van der Waals surface area (Å²) in [4.78, 5) is 0. The molecule has 0 aromatic heterocycles. The van der Waals surface area contributed by atoms with Gasteiger partial charge in [-0.3, -0.25) is 0 Å². The Labute approximate surface area is 126 Å². The molecule has 4 heteroatoms. The van der Waals surface area contributed by atoms with Crippen molar-refractivity contribution in [2.24, 2.45) is 0 Å². The lowest BCUT2D eigenvalue weighted by molar-refractivity contribution is 0.0484. The molecule has 1 unspecified atom stereocenters. The second-order valence-corrected chi connectivity index (χ2v) is 6.33. The molecule has 2 saturated heterocycles. The van der Waals surface area contributed by atoms with Crippen LogP contribution in [-0.4, -0.2) is 38.9 Å². The van der Waals surface area contributed by atoms with Gasteiger partial charge >= 0.3 is 0 Å². The lowest BCUT2D eigenvalue weighted by Gasteiger charge is -2.39. The summed E-state index contributed by atoms with van der Waals surface area (Å²) in [6, 6.07) is 7.65. The summed E-state index contributed by atoms with van der Waals surface area (Å²) >= 11 is 0. The number of nitrogens with one attached hydrogen (secondary N) is 2. The topological polar surface area (TPSA) is 33.3 Å². The van der Waals surface area contributed by atoms with Crippen LogP contribution >= 0.6 is 0 Å². The number of rotatable bonds is 4. The third-order valence-corrected chi connectivity index (χ3v) is 4.91. The number of benzene rings is 1. The van der Waals surface area contributed by atoms with Gasteiger partial charge in [0.15, 0.2) is 0 Å². The largest absolute Gasteiger partial charge is 0.381 e. The van der Waals surface area contributed by atoms with Gasteiger partial charge in [0.2, 0.25) is 0 Å². The molecule has 0 spiro atoms. The van der Waals surface area contributed by atoms with Crippen LogP contribution in [0.3, 0.4) is 0 Å².